The van der Waals surface area contributed by atoms with Gasteiger partial charge in [-0.25, -0.2) is 4.39 Å². The van der Waals surface area contributed by atoms with Crippen LogP contribution in [0.3, 0.4) is 0 Å². The van der Waals surface area contributed by atoms with Gasteiger partial charge in [-0.1, -0.05) is 82.7 Å². The summed E-state index contributed by atoms with van der Waals surface area (Å²) >= 11 is 0. The second kappa shape index (κ2) is 14.7. The van der Waals surface area contributed by atoms with Crippen LogP contribution in [-0.4, -0.2) is 6.61 Å². The summed E-state index contributed by atoms with van der Waals surface area (Å²) in [5.74, 6) is 1.65. The minimum Gasteiger partial charge on any atom is -0.316 e. The molecule has 39 heavy (non-hydrogen) atoms. The topological polar surface area (TPSA) is 9.23 Å². The predicted molar refractivity (Wildman–Crippen MR) is 155 cm³/mol. The fraction of sp³-hybridized carbons (Fsp3) is 0.657. The third kappa shape index (κ3) is 8.59. The minimum atomic E-state index is -3.64. The first-order valence-electron chi connectivity index (χ1n) is 15.8. The number of hydrogen-bond donors (Lipinski definition) is 0. The third-order valence-electron chi connectivity index (χ3n) is 9.51. The Labute approximate surface area is 234 Å². The Hall–Kier alpha value is -1.81. The fourth-order valence-corrected chi connectivity index (χ4v) is 7.01. The van der Waals surface area contributed by atoms with Gasteiger partial charge in [0, 0.05) is 0 Å². The molecule has 2 aromatic carbocycles. The van der Waals surface area contributed by atoms with Gasteiger partial charge in [0.2, 0.25) is 0 Å². The highest BCUT2D eigenvalue weighted by Crippen LogP contribution is 2.40. The SMILES string of the molecule is CCCCCC1CCC(c2ccc(CCOC(F)(F)c3ccc(C4CCC(CCC)CC4)cc3F)cc2)CC1. The van der Waals surface area contributed by atoms with E-state index in [1.54, 1.807) is 6.07 Å². The van der Waals surface area contributed by atoms with E-state index in [1.165, 1.54) is 81.9 Å². The Morgan fingerprint density at radius 1 is 0.718 bits per heavy atom. The van der Waals surface area contributed by atoms with Crippen LogP contribution in [0.4, 0.5) is 13.2 Å². The van der Waals surface area contributed by atoms with Crippen molar-refractivity contribution in [3.05, 3.63) is 70.5 Å². The molecule has 0 aromatic heterocycles. The molecular formula is C35H49F3O. The van der Waals surface area contributed by atoms with Gasteiger partial charge in [0.15, 0.2) is 0 Å². The van der Waals surface area contributed by atoms with Gasteiger partial charge in [-0.3, -0.25) is 0 Å². The van der Waals surface area contributed by atoms with Crippen molar-refractivity contribution in [2.75, 3.05) is 6.61 Å². The summed E-state index contributed by atoms with van der Waals surface area (Å²) in [6, 6.07) is 12.6. The molecule has 0 unspecified atom stereocenters. The van der Waals surface area contributed by atoms with Crippen LogP contribution in [0.15, 0.2) is 42.5 Å². The molecule has 0 atom stereocenters. The van der Waals surface area contributed by atoms with Crippen LogP contribution in [0.2, 0.25) is 0 Å². The highest BCUT2D eigenvalue weighted by Gasteiger charge is 2.36. The van der Waals surface area contributed by atoms with Crippen molar-refractivity contribution < 1.29 is 17.9 Å². The summed E-state index contributed by atoms with van der Waals surface area (Å²) in [4.78, 5) is 0. The van der Waals surface area contributed by atoms with Crippen molar-refractivity contribution in [2.24, 2.45) is 11.8 Å². The molecule has 216 valence electrons. The molecule has 0 spiro atoms. The van der Waals surface area contributed by atoms with Crippen LogP contribution in [0.5, 0.6) is 0 Å². The van der Waals surface area contributed by atoms with Crippen LogP contribution in [0.1, 0.15) is 138 Å². The Kier molecular flexibility index (Phi) is 11.4. The van der Waals surface area contributed by atoms with Gasteiger partial charge < -0.3 is 4.74 Å². The van der Waals surface area contributed by atoms with E-state index in [4.69, 9.17) is 4.74 Å². The van der Waals surface area contributed by atoms with E-state index in [0.29, 0.717) is 12.3 Å². The minimum absolute atomic E-state index is 0.155. The van der Waals surface area contributed by atoms with Gasteiger partial charge in [0.1, 0.15) is 5.82 Å². The van der Waals surface area contributed by atoms with E-state index < -0.39 is 17.5 Å². The first-order valence-corrected chi connectivity index (χ1v) is 15.8. The van der Waals surface area contributed by atoms with Crippen LogP contribution in [0, 0.1) is 17.7 Å². The van der Waals surface area contributed by atoms with Gasteiger partial charge >= 0.3 is 6.11 Å². The molecular weight excluding hydrogens is 493 g/mol. The number of alkyl halides is 2. The van der Waals surface area contributed by atoms with Gasteiger partial charge in [-0.15, -0.1) is 0 Å². The van der Waals surface area contributed by atoms with Crippen molar-refractivity contribution in [1.29, 1.82) is 0 Å². The van der Waals surface area contributed by atoms with Crippen molar-refractivity contribution in [3.63, 3.8) is 0 Å². The van der Waals surface area contributed by atoms with Crippen molar-refractivity contribution >= 4 is 0 Å². The summed E-state index contributed by atoms with van der Waals surface area (Å²) in [6.45, 7) is 4.31. The standard InChI is InChI=1S/C35H49F3O/c1-3-5-6-8-27-11-15-29(16-12-27)30-17-13-28(14-18-30)23-24-39-35(37,38)33-22-21-32(25-34(33)36)31-19-9-26(7-4-2)10-20-31/h13-14,17-18,21-22,25-27,29,31H,3-12,15-16,19-20,23-24H2,1-2H3. The van der Waals surface area contributed by atoms with Gasteiger partial charge in [0.05, 0.1) is 12.2 Å². The molecule has 0 N–H and O–H groups in total. The molecule has 4 rings (SSSR count). The molecule has 2 fully saturated rings. The first-order chi connectivity index (χ1) is 18.9. The summed E-state index contributed by atoms with van der Waals surface area (Å²) in [5, 5.41) is 0. The maximum Gasteiger partial charge on any atom is 0.386 e. The van der Waals surface area contributed by atoms with E-state index in [0.717, 1.165) is 48.6 Å². The molecule has 0 radical (unpaired) electrons. The zero-order chi connectivity index (χ0) is 27.7. The largest absolute Gasteiger partial charge is 0.386 e. The fourth-order valence-electron chi connectivity index (χ4n) is 7.01. The lowest BCUT2D eigenvalue weighted by Crippen LogP contribution is -2.22. The molecule has 0 bridgehead atoms. The Morgan fingerprint density at radius 2 is 1.31 bits per heavy atom. The maximum absolute atomic E-state index is 14.8. The summed E-state index contributed by atoms with van der Waals surface area (Å²) < 4.78 is 49.4. The predicted octanol–water partition coefficient (Wildman–Crippen LogP) is 11.1. The molecule has 0 aliphatic heterocycles. The van der Waals surface area contributed by atoms with Gasteiger partial charge in [-0.05, 0) is 110 Å². The van der Waals surface area contributed by atoms with E-state index >= 15 is 0 Å². The molecule has 0 heterocycles. The Balaban J connectivity index is 1.23. The number of halogens is 3. The van der Waals surface area contributed by atoms with Crippen LogP contribution in [-0.2, 0) is 17.3 Å². The highest BCUT2D eigenvalue weighted by molar-refractivity contribution is 5.29. The second-order valence-electron chi connectivity index (χ2n) is 12.3. The maximum atomic E-state index is 14.8. The molecule has 0 saturated heterocycles. The number of benzene rings is 2. The lowest BCUT2D eigenvalue weighted by atomic mass is 9.77. The average Bonchev–Trinajstić information content (AvgIpc) is 2.94. The first kappa shape index (κ1) is 30.2. The zero-order valence-corrected chi connectivity index (χ0v) is 24.2. The third-order valence-corrected chi connectivity index (χ3v) is 9.51. The number of unbranched alkanes of at least 4 members (excludes halogenated alkanes) is 2. The van der Waals surface area contributed by atoms with Crippen molar-refractivity contribution in [1.82, 2.24) is 0 Å². The molecule has 2 aliphatic rings. The molecule has 2 saturated carbocycles. The molecule has 0 amide bonds. The quantitative estimate of drug-likeness (QED) is 0.229. The Morgan fingerprint density at radius 3 is 1.90 bits per heavy atom. The molecule has 2 aromatic rings. The van der Waals surface area contributed by atoms with Crippen LogP contribution < -0.4 is 0 Å². The van der Waals surface area contributed by atoms with Crippen LogP contribution in [0.25, 0.3) is 0 Å². The summed E-state index contributed by atoms with van der Waals surface area (Å²) in [7, 11) is 0. The highest BCUT2D eigenvalue weighted by atomic mass is 19.3. The van der Waals surface area contributed by atoms with E-state index in [2.05, 4.69) is 26.0 Å². The zero-order valence-electron chi connectivity index (χ0n) is 24.2. The lowest BCUT2D eigenvalue weighted by molar-refractivity contribution is -0.249. The number of rotatable bonds is 13. The van der Waals surface area contributed by atoms with Gasteiger partial charge in [-0.2, -0.15) is 8.78 Å². The van der Waals surface area contributed by atoms with Crippen molar-refractivity contribution in [3.8, 4) is 0 Å². The van der Waals surface area contributed by atoms with E-state index in [1.807, 2.05) is 12.1 Å². The Bertz CT molecular complexity index is 985. The molecule has 4 heteroatoms. The van der Waals surface area contributed by atoms with E-state index in [-0.39, 0.29) is 12.5 Å². The molecule has 1 nitrogen and oxygen atoms in total. The van der Waals surface area contributed by atoms with E-state index in [9.17, 15) is 13.2 Å². The summed E-state index contributed by atoms with van der Waals surface area (Å²) in [6.07, 6.45) is 14.0. The molecule has 2 aliphatic carbocycles. The lowest BCUT2D eigenvalue weighted by Gasteiger charge is -2.29. The number of hydrogen-bond acceptors (Lipinski definition) is 1. The van der Waals surface area contributed by atoms with Gasteiger partial charge in [0.25, 0.3) is 0 Å². The van der Waals surface area contributed by atoms with Crippen molar-refractivity contribution in [2.45, 2.75) is 128 Å². The second-order valence-corrected chi connectivity index (χ2v) is 12.3. The normalized spacial score (nSPS) is 24.1. The smallest absolute Gasteiger partial charge is 0.316 e. The monoisotopic (exact) mass is 542 g/mol. The summed E-state index contributed by atoms with van der Waals surface area (Å²) in [5.41, 5.74) is 2.51. The van der Waals surface area contributed by atoms with Crippen LogP contribution >= 0.6 is 0 Å². The average molecular weight is 543 g/mol. The number of ether oxygens (including phenoxy) is 1.